The quantitative estimate of drug-likeness (QED) is 0.217. The van der Waals surface area contributed by atoms with E-state index in [2.05, 4.69) is 5.32 Å². The second kappa shape index (κ2) is 14.4. The number of nitrogens with one attached hydrogen (secondary N) is 1. The number of hydrogen-bond acceptors (Lipinski definition) is 4. The van der Waals surface area contributed by atoms with Crippen LogP contribution in [0.1, 0.15) is 42.4 Å². The molecule has 0 aromatic heterocycles. The third-order valence-corrected chi connectivity index (χ3v) is 9.89. The van der Waals surface area contributed by atoms with E-state index in [0.29, 0.717) is 12.1 Å². The molecular formula is C36H39N3O4S. The predicted molar refractivity (Wildman–Crippen MR) is 173 cm³/mol. The minimum absolute atomic E-state index is 0.0661. The molecule has 4 aromatic carbocycles. The number of benzene rings is 4. The fourth-order valence-corrected chi connectivity index (χ4v) is 7.09. The summed E-state index contributed by atoms with van der Waals surface area (Å²) in [5.41, 5.74) is 3.22. The average Bonchev–Trinajstić information content (AvgIpc) is 3.56. The van der Waals surface area contributed by atoms with Gasteiger partial charge in [0.05, 0.1) is 10.6 Å². The van der Waals surface area contributed by atoms with Crippen LogP contribution in [0.4, 0.5) is 5.69 Å². The number of carbonyl (C=O) groups is 2. The third-order valence-electron chi connectivity index (χ3n) is 8.10. The van der Waals surface area contributed by atoms with Crippen molar-refractivity contribution in [3.05, 3.63) is 132 Å². The van der Waals surface area contributed by atoms with Crippen LogP contribution < -0.4 is 9.62 Å². The van der Waals surface area contributed by atoms with Crippen molar-refractivity contribution in [2.45, 2.75) is 62.6 Å². The number of carbonyl (C=O) groups excluding carboxylic acids is 2. The highest BCUT2D eigenvalue weighted by molar-refractivity contribution is 7.92. The van der Waals surface area contributed by atoms with E-state index in [1.54, 1.807) is 53.4 Å². The topological polar surface area (TPSA) is 86.8 Å². The summed E-state index contributed by atoms with van der Waals surface area (Å²) in [4.78, 5) is 30.2. The van der Waals surface area contributed by atoms with Gasteiger partial charge in [-0.25, -0.2) is 8.42 Å². The fraction of sp³-hybridized carbons (Fsp3) is 0.278. The summed E-state index contributed by atoms with van der Waals surface area (Å²) in [6, 6.07) is 33.4. The molecule has 1 aliphatic carbocycles. The number of sulfonamides is 1. The van der Waals surface area contributed by atoms with Crippen molar-refractivity contribution < 1.29 is 18.0 Å². The van der Waals surface area contributed by atoms with E-state index in [0.717, 1.165) is 46.7 Å². The molecule has 0 heterocycles. The standard InChI is InChI=1S/C36H39N3O4S/c1-28-21-23-30(24-22-28)26-38(34(25-29-13-5-2-6-14-29)36(41)37-31-15-11-12-16-31)35(40)27-39(32-17-7-3-8-18-32)44(42,43)33-19-9-4-10-20-33/h2-10,13-14,17-24,31,34H,11-12,15-16,25-27H2,1H3,(H,37,41). The molecule has 0 bridgehead atoms. The van der Waals surface area contributed by atoms with E-state index in [1.807, 2.05) is 61.5 Å². The first-order valence-corrected chi connectivity index (χ1v) is 16.6. The zero-order valence-corrected chi connectivity index (χ0v) is 25.8. The van der Waals surface area contributed by atoms with E-state index < -0.39 is 28.5 Å². The van der Waals surface area contributed by atoms with Crippen molar-refractivity contribution in [3.8, 4) is 0 Å². The molecule has 1 fully saturated rings. The van der Waals surface area contributed by atoms with Crippen LogP contribution in [0.3, 0.4) is 0 Å². The SMILES string of the molecule is Cc1ccc(CN(C(=O)CN(c2ccccc2)S(=O)(=O)c2ccccc2)C(Cc2ccccc2)C(=O)NC2CCCC2)cc1. The van der Waals surface area contributed by atoms with Crippen molar-refractivity contribution in [1.29, 1.82) is 0 Å². The zero-order chi connectivity index (χ0) is 30.9. The van der Waals surface area contributed by atoms with Crippen LogP contribution in [0.25, 0.3) is 0 Å². The van der Waals surface area contributed by atoms with Gasteiger partial charge in [-0.05, 0) is 55.2 Å². The normalized spacial score (nSPS) is 14.1. The minimum atomic E-state index is -4.10. The number of aryl methyl sites for hydroxylation is 1. The molecule has 0 radical (unpaired) electrons. The maximum absolute atomic E-state index is 14.5. The Bertz CT molecular complexity index is 1620. The lowest BCUT2D eigenvalue weighted by Crippen LogP contribution is -2.54. The summed E-state index contributed by atoms with van der Waals surface area (Å²) >= 11 is 0. The van der Waals surface area contributed by atoms with Gasteiger partial charge in [0.2, 0.25) is 11.8 Å². The molecule has 0 aliphatic heterocycles. The van der Waals surface area contributed by atoms with Gasteiger partial charge >= 0.3 is 0 Å². The Balaban J connectivity index is 1.54. The van der Waals surface area contributed by atoms with Crippen molar-refractivity contribution in [2.75, 3.05) is 10.8 Å². The highest BCUT2D eigenvalue weighted by Crippen LogP contribution is 2.25. The predicted octanol–water partition coefficient (Wildman–Crippen LogP) is 5.89. The Morgan fingerprint density at radius 2 is 1.34 bits per heavy atom. The van der Waals surface area contributed by atoms with Gasteiger partial charge in [-0.3, -0.25) is 13.9 Å². The van der Waals surface area contributed by atoms with Gasteiger partial charge in [0.15, 0.2) is 0 Å². The van der Waals surface area contributed by atoms with Gasteiger partial charge in [0.1, 0.15) is 12.6 Å². The molecule has 44 heavy (non-hydrogen) atoms. The molecule has 1 aliphatic rings. The van der Waals surface area contributed by atoms with Gasteiger partial charge < -0.3 is 10.2 Å². The van der Waals surface area contributed by atoms with Crippen molar-refractivity contribution in [3.63, 3.8) is 0 Å². The van der Waals surface area contributed by atoms with Gasteiger partial charge in [-0.2, -0.15) is 0 Å². The average molecular weight is 610 g/mol. The Morgan fingerprint density at radius 1 is 0.773 bits per heavy atom. The summed E-state index contributed by atoms with van der Waals surface area (Å²) < 4.78 is 29.1. The number of rotatable bonds is 12. The van der Waals surface area contributed by atoms with Crippen LogP contribution in [-0.2, 0) is 32.6 Å². The van der Waals surface area contributed by atoms with E-state index >= 15 is 0 Å². The molecule has 8 heteroatoms. The van der Waals surface area contributed by atoms with E-state index in [1.165, 1.54) is 12.1 Å². The van der Waals surface area contributed by atoms with Crippen LogP contribution in [0.5, 0.6) is 0 Å². The lowest BCUT2D eigenvalue weighted by molar-refractivity contribution is -0.140. The summed E-state index contributed by atoms with van der Waals surface area (Å²) in [6.07, 6.45) is 4.24. The van der Waals surface area contributed by atoms with Gasteiger partial charge in [-0.1, -0.05) is 109 Å². The molecular weight excluding hydrogens is 570 g/mol. The molecule has 2 amide bonds. The summed E-state index contributed by atoms with van der Waals surface area (Å²) in [7, 11) is -4.10. The van der Waals surface area contributed by atoms with Crippen LogP contribution in [-0.4, -0.2) is 43.8 Å². The first kappa shape index (κ1) is 31.0. The van der Waals surface area contributed by atoms with Crippen LogP contribution in [0.15, 0.2) is 120 Å². The van der Waals surface area contributed by atoms with Crippen molar-refractivity contribution >= 4 is 27.5 Å². The Kier molecular flexibility index (Phi) is 10.1. The molecule has 4 aromatic rings. The number of amides is 2. The second-order valence-corrected chi connectivity index (χ2v) is 13.2. The van der Waals surface area contributed by atoms with Crippen molar-refractivity contribution in [2.24, 2.45) is 0 Å². The van der Waals surface area contributed by atoms with Crippen LogP contribution in [0.2, 0.25) is 0 Å². The van der Waals surface area contributed by atoms with E-state index in [-0.39, 0.29) is 23.4 Å². The number of nitrogens with zero attached hydrogens (tertiary/aromatic N) is 2. The molecule has 1 atom stereocenters. The molecule has 1 N–H and O–H groups in total. The zero-order valence-electron chi connectivity index (χ0n) is 25.0. The Labute approximate surface area is 260 Å². The number of hydrogen-bond donors (Lipinski definition) is 1. The van der Waals surface area contributed by atoms with Crippen molar-refractivity contribution in [1.82, 2.24) is 10.2 Å². The number of para-hydroxylation sites is 1. The Hall–Kier alpha value is -4.43. The maximum atomic E-state index is 14.5. The van der Waals surface area contributed by atoms with Crippen LogP contribution in [0, 0.1) is 6.92 Å². The summed E-state index contributed by atoms with van der Waals surface area (Å²) in [5.74, 6) is -0.685. The molecule has 7 nitrogen and oxygen atoms in total. The first-order valence-electron chi connectivity index (χ1n) is 15.1. The van der Waals surface area contributed by atoms with Gasteiger partial charge in [0.25, 0.3) is 10.0 Å². The van der Waals surface area contributed by atoms with Gasteiger partial charge in [-0.15, -0.1) is 0 Å². The Morgan fingerprint density at radius 3 is 1.95 bits per heavy atom. The number of anilines is 1. The molecule has 1 unspecified atom stereocenters. The smallest absolute Gasteiger partial charge is 0.264 e. The molecule has 228 valence electrons. The second-order valence-electron chi connectivity index (χ2n) is 11.4. The highest BCUT2D eigenvalue weighted by atomic mass is 32.2. The fourth-order valence-electron chi connectivity index (χ4n) is 5.65. The minimum Gasteiger partial charge on any atom is -0.352 e. The monoisotopic (exact) mass is 609 g/mol. The highest BCUT2D eigenvalue weighted by Gasteiger charge is 2.35. The van der Waals surface area contributed by atoms with E-state index in [9.17, 15) is 18.0 Å². The largest absolute Gasteiger partial charge is 0.352 e. The van der Waals surface area contributed by atoms with Gasteiger partial charge in [0, 0.05) is 19.0 Å². The lowest BCUT2D eigenvalue weighted by atomic mass is 10.0. The lowest BCUT2D eigenvalue weighted by Gasteiger charge is -2.34. The maximum Gasteiger partial charge on any atom is 0.264 e. The van der Waals surface area contributed by atoms with Crippen LogP contribution >= 0.6 is 0 Å². The molecule has 0 spiro atoms. The molecule has 0 saturated heterocycles. The first-order chi connectivity index (χ1) is 21.3. The molecule has 5 rings (SSSR count). The summed E-state index contributed by atoms with van der Waals surface area (Å²) in [6.45, 7) is 1.68. The summed E-state index contributed by atoms with van der Waals surface area (Å²) in [5, 5.41) is 3.21. The van der Waals surface area contributed by atoms with E-state index in [4.69, 9.17) is 0 Å². The molecule has 1 saturated carbocycles. The third kappa shape index (κ3) is 7.74.